The Bertz CT molecular complexity index is 539. The van der Waals surface area contributed by atoms with Crippen LogP contribution in [0.3, 0.4) is 0 Å². The Balaban J connectivity index is 1.84. The van der Waals surface area contributed by atoms with E-state index < -0.39 is 6.10 Å². The third kappa shape index (κ3) is 4.20. The molecule has 1 fully saturated rings. The third-order valence-corrected chi connectivity index (χ3v) is 3.76. The zero-order valence-corrected chi connectivity index (χ0v) is 12.1. The molecule has 2 N–H and O–H groups in total. The molecule has 0 saturated heterocycles. The molecule has 3 unspecified atom stereocenters. The second kappa shape index (κ2) is 7.09. The minimum absolute atomic E-state index is 0.205. The van der Waals surface area contributed by atoms with Crippen LogP contribution < -0.4 is 10.1 Å². The smallest absolute Gasteiger partial charge is 0.260 e. The molecule has 0 spiro atoms. The van der Waals surface area contributed by atoms with Crippen molar-refractivity contribution in [3.63, 3.8) is 0 Å². The van der Waals surface area contributed by atoms with E-state index in [9.17, 15) is 9.90 Å². The maximum Gasteiger partial charge on any atom is 0.260 e. The number of ether oxygens (including phenoxy) is 1. The molecule has 3 atom stereocenters. The van der Waals surface area contributed by atoms with Gasteiger partial charge in [-0.1, -0.05) is 12.1 Å². The van der Waals surface area contributed by atoms with Crippen molar-refractivity contribution in [1.82, 2.24) is 5.32 Å². The Hall–Kier alpha value is -2.06. The van der Waals surface area contributed by atoms with Crippen molar-refractivity contribution in [3.8, 4) is 11.8 Å². The standard InChI is InChI=1S/C16H20N2O3/c1-11(21-15-5-3-2-4-13(15)9-17)16(20)18-10-12-6-7-14(19)8-12/h2-5,11-12,14,19H,6-8,10H2,1H3,(H,18,20). The first-order valence-electron chi connectivity index (χ1n) is 7.21. The first kappa shape index (κ1) is 15.3. The summed E-state index contributed by atoms with van der Waals surface area (Å²) in [7, 11) is 0. The van der Waals surface area contributed by atoms with E-state index in [2.05, 4.69) is 5.32 Å². The topological polar surface area (TPSA) is 82.3 Å². The molecule has 5 nitrogen and oxygen atoms in total. The van der Waals surface area contributed by atoms with Crippen LogP contribution in [0.4, 0.5) is 0 Å². The lowest BCUT2D eigenvalue weighted by molar-refractivity contribution is -0.127. The molecule has 2 rings (SSSR count). The number of aliphatic hydroxyl groups excluding tert-OH is 1. The van der Waals surface area contributed by atoms with E-state index in [1.54, 1.807) is 31.2 Å². The number of para-hydroxylation sites is 1. The zero-order valence-electron chi connectivity index (χ0n) is 12.1. The maximum atomic E-state index is 12.0. The molecule has 1 aromatic rings. The Morgan fingerprint density at radius 1 is 1.52 bits per heavy atom. The van der Waals surface area contributed by atoms with Gasteiger partial charge >= 0.3 is 0 Å². The summed E-state index contributed by atoms with van der Waals surface area (Å²) in [6.45, 7) is 2.22. The van der Waals surface area contributed by atoms with Gasteiger partial charge in [-0.3, -0.25) is 4.79 Å². The van der Waals surface area contributed by atoms with Crippen LogP contribution in [0.5, 0.6) is 5.75 Å². The normalized spacial score (nSPS) is 22.3. The van der Waals surface area contributed by atoms with Gasteiger partial charge in [-0.2, -0.15) is 5.26 Å². The highest BCUT2D eigenvalue weighted by molar-refractivity contribution is 5.80. The number of nitrogens with zero attached hydrogens (tertiary/aromatic N) is 1. The van der Waals surface area contributed by atoms with E-state index in [-0.39, 0.29) is 12.0 Å². The van der Waals surface area contributed by atoms with Gasteiger partial charge in [0.15, 0.2) is 6.10 Å². The van der Waals surface area contributed by atoms with E-state index >= 15 is 0 Å². The minimum Gasteiger partial charge on any atom is -0.480 e. The minimum atomic E-state index is -0.661. The average Bonchev–Trinajstić information content (AvgIpc) is 2.91. The van der Waals surface area contributed by atoms with Crippen molar-refractivity contribution in [3.05, 3.63) is 29.8 Å². The van der Waals surface area contributed by atoms with Crippen LogP contribution >= 0.6 is 0 Å². The van der Waals surface area contributed by atoms with Crippen LogP contribution in [-0.4, -0.2) is 29.8 Å². The van der Waals surface area contributed by atoms with Gasteiger partial charge in [0.1, 0.15) is 11.8 Å². The lowest BCUT2D eigenvalue weighted by atomic mass is 10.1. The van der Waals surface area contributed by atoms with E-state index in [1.165, 1.54) is 0 Å². The van der Waals surface area contributed by atoms with Gasteiger partial charge in [0.2, 0.25) is 0 Å². The lowest BCUT2D eigenvalue weighted by Gasteiger charge is -2.17. The molecule has 1 saturated carbocycles. The fraction of sp³-hybridized carbons (Fsp3) is 0.500. The maximum absolute atomic E-state index is 12.0. The predicted octanol–water partition coefficient (Wildman–Crippen LogP) is 1.60. The number of nitriles is 1. The fourth-order valence-electron chi connectivity index (χ4n) is 2.53. The summed E-state index contributed by atoms with van der Waals surface area (Å²) in [5.74, 6) is 0.547. The van der Waals surface area contributed by atoms with Gasteiger partial charge in [0, 0.05) is 6.54 Å². The Morgan fingerprint density at radius 3 is 2.95 bits per heavy atom. The quantitative estimate of drug-likeness (QED) is 0.862. The molecular weight excluding hydrogens is 268 g/mol. The second-order valence-electron chi connectivity index (χ2n) is 5.45. The largest absolute Gasteiger partial charge is 0.480 e. The van der Waals surface area contributed by atoms with Crippen LogP contribution in [0.15, 0.2) is 24.3 Å². The fourth-order valence-corrected chi connectivity index (χ4v) is 2.53. The number of rotatable bonds is 5. The second-order valence-corrected chi connectivity index (χ2v) is 5.45. The summed E-state index contributed by atoms with van der Waals surface area (Å²) >= 11 is 0. The van der Waals surface area contributed by atoms with E-state index in [0.29, 0.717) is 23.8 Å². The van der Waals surface area contributed by atoms with Gasteiger partial charge in [-0.15, -0.1) is 0 Å². The lowest BCUT2D eigenvalue weighted by Crippen LogP contribution is -2.38. The molecule has 5 heteroatoms. The van der Waals surface area contributed by atoms with Crippen molar-refractivity contribution in [2.45, 2.75) is 38.4 Å². The monoisotopic (exact) mass is 288 g/mol. The van der Waals surface area contributed by atoms with Crippen molar-refractivity contribution in [1.29, 1.82) is 5.26 Å². The summed E-state index contributed by atoms with van der Waals surface area (Å²) < 4.78 is 5.55. The SMILES string of the molecule is CC(Oc1ccccc1C#N)C(=O)NCC1CCC(O)C1. The number of benzene rings is 1. The summed E-state index contributed by atoms with van der Waals surface area (Å²) in [5.41, 5.74) is 0.413. The van der Waals surface area contributed by atoms with E-state index in [4.69, 9.17) is 10.00 Å². The van der Waals surface area contributed by atoms with Crippen LogP contribution in [0.1, 0.15) is 31.7 Å². The number of aliphatic hydroxyl groups is 1. The summed E-state index contributed by atoms with van der Waals surface area (Å²) in [6.07, 6.45) is 1.59. The molecule has 1 amide bonds. The van der Waals surface area contributed by atoms with Crippen LogP contribution in [-0.2, 0) is 4.79 Å². The molecule has 1 aromatic carbocycles. The van der Waals surface area contributed by atoms with E-state index in [0.717, 1.165) is 19.3 Å². The highest BCUT2D eigenvalue weighted by Gasteiger charge is 2.24. The number of carbonyl (C=O) groups excluding carboxylic acids is 1. The van der Waals surface area contributed by atoms with Crippen molar-refractivity contribution >= 4 is 5.91 Å². The van der Waals surface area contributed by atoms with Gasteiger partial charge in [0.25, 0.3) is 5.91 Å². The highest BCUT2D eigenvalue weighted by Crippen LogP contribution is 2.24. The Morgan fingerprint density at radius 2 is 2.29 bits per heavy atom. The van der Waals surface area contributed by atoms with Crippen LogP contribution in [0, 0.1) is 17.2 Å². The van der Waals surface area contributed by atoms with E-state index in [1.807, 2.05) is 6.07 Å². The molecule has 1 aliphatic rings. The molecule has 21 heavy (non-hydrogen) atoms. The molecule has 0 aliphatic heterocycles. The van der Waals surface area contributed by atoms with Crippen molar-refractivity contribution < 1.29 is 14.6 Å². The molecule has 112 valence electrons. The van der Waals surface area contributed by atoms with Crippen LogP contribution in [0.25, 0.3) is 0 Å². The van der Waals surface area contributed by atoms with Gasteiger partial charge in [-0.05, 0) is 44.2 Å². The van der Waals surface area contributed by atoms with Crippen LogP contribution in [0.2, 0.25) is 0 Å². The molecular formula is C16H20N2O3. The number of nitrogens with one attached hydrogen (secondary N) is 1. The average molecular weight is 288 g/mol. The van der Waals surface area contributed by atoms with Crippen molar-refractivity contribution in [2.75, 3.05) is 6.54 Å². The highest BCUT2D eigenvalue weighted by atomic mass is 16.5. The summed E-state index contributed by atoms with van der Waals surface area (Å²) in [4.78, 5) is 12.0. The predicted molar refractivity (Wildman–Crippen MR) is 77.6 cm³/mol. The Labute approximate surface area is 124 Å². The molecule has 0 heterocycles. The van der Waals surface area contributed by atoms with Gasteiger partial charge in [-0.25, -0.2) is 0 Å². The Kier molecular flexibility index (Phi) is 5.18. The molecule has 0 radical (unpaired) electrons. The molecule has 1 aliphatic carbocycles. The number of carbonyl (C=O) groups is 1. The zero-order chi connectivity index (χ0) is 15.2. The van der Waals surface area contributed by atoms with Gasteiger partial charge < -0.3 is 15.2 Å². The first-order chi connectivity index (χ1) is 10.1. The van der Waals surface area contributed by atoms with Gasteiger partial charge in [0.05, 0.1) is 11.7 Å². The third-order valence-electron chi connectivity index (χ3n) is 3.76. The molecule has 0 bridgehead atoms. The summed E-state index contributed by atoms with van der Waals surface area (Å²) in [5, 5.41) is 21.3. The number of amides is 1. The number of hydrogen-bond donors (Lipinski definition) is 2. The van der Waals surface area contributed by atoms with Crippen molar-refractivity contribution in [2.24, 2.45) is 5.92 Å². The first-order valence-corrected chi connectivity index (χ1v) is 7.21. The summed E-state index contributed by atoms with van der Waals surface area (Å²) in [6, 6.07) is 8.88. The number of hydrogen-bond acceptors (Lipinski definition) is 4. The molecule has 0 aromatic heterocycles.